The van der Waals surface area contributed by atoms with Crippen molar-refractivity contribution in [3.63, 3.8) is 0 Å². The zero-order valence-electron chi connectivity index (χ0n) is 17.4. The summed E-state index contributed by atoms with van der Waals surface area (Å²) in [7, 11) is 0. The van der Waals surface area contributed by atoms with Crippen molar-refractivity contribution in [2.75, 3.05) is 10.6 Å². The van der Waals surface area contributed by atoms with Crippen LogP contribution in [0.15, 0.2) is 73.6 Å². The van der Waals surface area contributed by atoms with Crippen LogP contribution in [-0.2, 0) is 5.41 Å². The molecule has 0 fully saturated rings. The van der Waals surface area contributed by atoms with Crippen LogP contribution in [0.25, 0.3) is 5.70 Å². The SMILES string of the molecule is C=C(Nc1cccnc1)c1cc(NC(=O)c2cccc(C(C)(C)C#N)c2)ccc1C. The van der Waals surface area contributed by atoms with Crippen LogP contribution in [0.1, 0.15) is 40.9 Å². The van der Waals surface area contributed by atoms with Gasteiger partial charge in [-0.1, -0.05) is 24.8 Å². The van der Waals surface area contributed by atoms with Crippen LogP contribution >= 0.6 is 0 Å². The number of nitrogens with one attached hydrogen (secondary N) is 2. The van der Waals surface area contributed by atoms with Crippen molar-refractivity contribution >= 4 is 23.0 Å². The number of amides is 1. The number of rotatable bonds is 6. The Bertz CT molecular complexity index is 1130. The summed E-state index contributed by atoms with van der Waals surface area (Å²) in [4.78, 5) is 16.9. The lowest BCUT2D eigenvalue weighted by molar-refractivity contribution is 0.102. The minimum Gasteiger partial charge on any atom is -0.354 e. The second-order valence-electron chi connectivity index (χ2n) is 7.65. The highest BCUT2D eigenvalue weighted by Crippen LogP contribution is 2.25. The molecule has 0 radical (unpaired) electrons. The van der Waals surface area contributed by atoms with Gasteiger partial charge in [-0.3, -0.25) is 9.78 Å². The summed E-state index contributed by atoms with van der Waals surface area (Å²) in [5.41, 5.74) is 4.80. The van der Waals surface area contributed by atoms with E-state index in [1.807, 2.05) is 57.2 Å². The Labute approximate surface area is 177 Å². The van der Waals surface area contributed by atoms with E-state index < -0.39 is 5.41 Å². The van der Waals surface area contributed by atoms with Gasteiger partial charge in [-0.2, -0.15) is 5.26 Å². The number of nitriles is 1. The molecule has 3 rings (SSSR count). The average Bonchev–Trinajstić information content (AvgIpc) is 2.75. The van der Waals surface area contributed by atoms with Crippen LogP contribution in [0.4, 0.5) is 11.4 Å². The molecule has 1 aromatic heterocycles. The van der Waals surface area contributed by atoms with Gasteiger partial charge in [-0.25, -0.2) is 0 Å². The molecular weight excluding hydrogens is 372 g/mol. The topological polar surface area (TPSA) is 77.8 Å². The minimum absolute atomic E-state index is 0.230. The lowest BCUT2D eigenvalue weighted by Gasteiger charge is -2.17. The number of aryl methyl sites for hydroxylation is 1. The van der Waals surface area contributed by atoms with Crippen molar-refractivity contribution in [3.05, 3.63) is 95.8 Å². The molecule has 0 atom stereocenters. The number of anilines is 2. The predicted molar refractivity (Wildman–Crippen MR) is 121 cm³/mol. The maximum absolute atomic E-state index is 12.8. The Kier molecular flexibility index (Phi) is 5.98. The van der Waals surface area contributed by atoms with Gasteiger partial charge in [-0.15, -0.1) is 0 Å². The smallest absolute Gasteiger partial charge is 0.255 e. The molecule has 0 saturated carbocycles. The molecule has 1 heterocycles. The molecule has 2 aromatic carbocycles. The van der Waals surface area contributed by atoms with E-state index in [2.05, 4.69) is 28.3 Å². The molecule has 0 saturated heterocycles. The van der Waals surface area contributed by atoms with Gasteiger partial charge in [0.05, 0.1) is 23.4 Å². The third-order valence-electron chi connectivity index (χ3n) is 4.90. The summed E-state index contributed by atoms with van der Waals surface area (Å²) >= 11 is 0. The van der Waals surface area contributed by atoms with E-state index in [1.54, 1.807) is 30.6 Å². The first-order valence-electron chi connectivity index (χ1n) is 9.60. The average molecular weight is 396 g/mol. The number of hydrogen-bond acceptors (Lipinski definition) is 4. The van der Waals surface area contributed by atoms with Gasteiger partial charge in [0.15, 0.2) is 0 Å². The normalized spacial score (nSPS) is 10.7. The lowest BCUT2D eigenvalue weighted by Crippen LogP contribution is -2.17. The number of benzene rings is 2. The van der Waals surface area contributed by atoms with Crippen molar-refractivity contribution in [1.29, 1.82) is 5.26 Å². The van der Waals surface area contributed by atoms with Gasteiger partial charge in [0.2, 0.25) is 0 Å². The molecule has 5 heteroatoms. The van der Waals surface area contributed by atoms with E-state index in [9.17, 15) is 10.1 Å². The van der Waals surface area contributed by atoms with Crippen LogP contribution in [0.3, 0.4) is 0 Å². The highest BCUT2D eigenvalue weighted by Gasteiger charge is 2.21. The van der Waals surface area contributed by atoms with Crippen LogP contribution < -0.4 is 10.6 Å². The fourth-order valence-electron chi connectivity index (χ4n) is 3.02. The van der Waals surface area contributed by atoms with E-state index in [4.69, 9.17) is 0 Å². The van der Waals surface area contributed by atoms with E-state index >= 15 is 0 Å². The number of hydrogen-bond donors (Lipinski definition) is 2. The molecule has 0 bridgehead atoms. The maximum Gasteiger partial charge on any atom is 0.255 e. The highest BCUT2D eigenvalue weighted by atomic mass is 16.1. The molecule has 2 N–H and O–H groups in total. The molecule has 1 amide bonds. The fraction of sp³-hybridized carbons (Fsp3) is 0.160. The fourth-order valence-corrected chi connectivity index (χ4v) is 3.02. The summed E-state index contributed by atoms with van der Waals surface area (Å²) in [5, 5.41) is 15.5. The zero-order chi connectivity index (χ0) is 21.7. The summed E-state index contributed by atoms with van der Waals surface area (Å²) in [5.74, 6) is -0.230. The van der Waals surface area contributed by atoms with Gasteiger partial charge in [-0.05, 0) is 68.3 Å². The quantitative estimate of drug-likeness (QED) is 0.574. The zero-order valence-corrected chi connectivity index (χ0v) is 17.4. The largest absolute Gasteiger partial charge is 0.354 e. The van der Waals surface area contributed by atoms with Crippen molar-refractivity contribution in [2.45, 2.75) is 26.2 Å². The number of nitrogens with zero attached hydrogens (tertiary/aromatic N) is 2. The molecule has 5 nitrogen and oxygen atoms in total. The lowest BCUT2D eigenvalue weighted by atomic mass is 9.85. The Morgan fingerprint density at radius 3 is 2.57 bits per heavy atom. The molecule has 150 valence electrons. The second kappa shape index (κ2) is 8.62. The number of carbonyl (C=O) groups excluding carboxylic acids is 1. The number of aromatic nitrogens is 1. The molecular formula is C25H24N4O. The Balaban J connectivity index is 1.80. The molecule has 0 spiro atoms. The van der Waals surface area contributed by atoms with Crippen molar-refractivity contribution in [3.8, 4) is 6.07 Å². The minimum atomic E-state index is -0.664. The highest BCUT2D eigenvalue weighted by molar-refractivity contribution is 6.04. The van der Waals surface area contributed by atoms with E-state index in [0.717, 1.165) is 28.1 Å². The van der Waals surface area contributed by atoms with Crippen LogP contribution in [0.2, 0.25) is 0 Å². The molecule has 3 aromatic rings. The second-order valence-corrected chi connectivity index (χ2v) is 7.65. The number of pyridine rings is 1. The van der Waals surface area contributed by atoms with Crippen LogP contribution in [-0.4, -0.2) is 10.9 Å². The van der Waals surface area contributed by atoms with Crippen molar-refractivity contribution in [2.24, 2.45) is 0 Å². The van der Waals surface area contributed by atoms with Crippen molar-refractivity contribution in [1.82, 2.24) is 4.98 Å². The first kappa shape index (κ1) is 20.8. The van der Waals surface area contributed by atoms with E-state index in [-0.39, 0.29) is 5.91 Å². The molecule has 0 aliphatic carbocycles. The van der Waals surface area contributed by atoms with E-state index in [0.29, 0.717) is 11.3 Å². The summed E-state index contributed by atoms with van der Waals surface area (Å²) < 4.78 is 0. The summed E-state index contributed by atoms with van der Waals surface area (Å²) in [6.07, 6.45) is 3.43. The monoisotopic (exact) mass is 396 g/mol. The van der Waals surface area contributed by atoms with Crippen LogP contribution in [0, 0.1) is 18.3 Å². The Morgan fingerprint density at radius 1 is 1.07 bits per heavy atom. The maximum atomic E-state index is 12.8. The Hall–Kier alpha value is -3.91. The van der Waals surface area contributed by atoms with Gasteiger partial charge in [0.1, 0.15) is 0 Å². The third kappa shape index (κ3) is 4.73. The third-order valence-corrected chi connectivity index (χ3v) is 4.90. The standard InChI is InChI=1S/C25H24N4O/c1-17-10-11-21(14-23(17)18(2)28-22-9-6-12-27-15-22)29-24(30)19-7-5-8-20(13-19)25(3,4)16-26/h5-15,28H,2H2,1,3-4H3,(H,29,30). The molecule has 0 aliphatic heterocycles. The van der Waals surface area contributed by atoms with Gasteiger partial charge in [0, 0.05) is 28.7 Å². The Morgan fingerprint density at radius 2 is 1.87 bits per heavy atom. The number of carbonyl (C=O) groups is 1. The van der Waals surface area contributed by atoms with Crippen LogP contribution in [0.5, 0.6) is 0 Å². The van der Waals surface area contributed by atoms with Gasteiger partial charge in [0.25, 0.3) is 5.91 Å². The summed E-state index contributed by atoms with van der Waals surface area (Å²) in [6.45, 7) is 9.78. The molecule has 0 aliphatic rings. The predicted octanol–water partition coefficient (Wildman–Crippen LogP) is 5.53. The molecule has 30 heavy (non-hydrogen) atoms. The summed E-state index contributed by atoms with van der Waals surface area (Å²) in [6, 6.07) is 18.9. The van der Waals surface area contributed by atoms with E-state index in [1.165, 1.54) is 0 Å². The van der Waals surface area contributed by atoms with Crippen molar-refractivity contribution < 1.29 is 4.79 Å². The van der Waals surface area contributed by atoms with Gasteiger partial charge < -0.3 is 10.6 Å². The molecule has 0 unspecified atom stereocenters. The van der Waals surface area contributed by atoms with Gasteiger partial charge >= 0.3 is 0 Å². The first-order chi connectivity index (χ1) is 14.3. The first-order valence-corrected chi connectivity index (χ1v) is 9.60.